The molecule has 0 bridgehead atoms. The first kappa shape index (κ1) is 12.9. The minimum absolute atomic E-state index is 0.132. The van der Waals surface area contributed by atoms with Crippen molar-refractivity contribution in [3.8, 4) is 11.8 Å². The zero-order valence-corrected chi connectivity index (χ0v) is 8.64. The van der Waals surface area contributed by atoms with E-state index in [1.807, 2.05) is 0 Å². The Hall–Kier alpha value is -2.16. The molecule has 0 aliphatic rings. The summed E-state index contributed by atoms with van der Waals surface area (Å²) in [4.78, 5) is 10.4. The standard InChI is InChI=1S/C11H9F3N2O/c12-11(13,14)8-6-7(4-5-9(8)15)2-1-3-10(16)17/h4-6H,3,15H2,(H2,16,17). The van der Waals surface area contributed by atoms with Crippen LogP contribution in [0.2, 0.25) is 0 Å². The molecular formula is C11H9F3N2O. The van der Waals surface area contributed by atoms with Crippen LogP contribution in [0, 0.1) is 11.8 Å². The van der Waals surface area contributed by atoms with Crippen molar-refractivity contribution in [2.24, 2.45) is 5.73 Å². The van der Waals surface area contributed by atoms with Crippen molar-refractivity contribution >= 4 is 11.6 Å². The summed E-state index contributed by atoms with van der Waals surface area (Å²) in [5, 5.41) is 0. The van der Waals surface area contributed by atoms with E-state index in [0.29, 0.717) is 0 Å². The van der Waals surface area contributed by atoms with Gasteiger partial charge in [0.1, 0.15) is 0 Å². The van der Waals surface area contributed by atoms with Crippen LogP contribution in [0.3, 0.4) is 0 Å². The lowest BCUT2D eigenvalue weighted by Crippen LogP contribution is -2.09. The van der Waals surface area contributed by atoms with Crippen LogP contribution in [0.1, 0.15) is 17.5 Å². The summed E-state index contributed by atoms with van der Waals surface area (Å²) in [7, 11) is 0. The van der Waals surface area contributed by atoms with E-state index >= 15 is 0 Å². The monoisotopic (exact) mass is 242 g/mol. The molecule has 4 N–H and O–H groups in total. The first-order valence-corrected chi connectivity index (χ1v) is 4.54. The van der Waals surface area contributed by atoms with Crippen LogP contribution in [-0.4, -0.2) is 5.91 Å². The molecule has 0 aliphatic carbocycles. The van der Waals surface area contributed by atoms with E-state index in [0.717, 1.165) is 12.1 Å². The fourth-order valence-corrected chi connectivity index (χ4v) is 1.11. The second kappa shape index (κ2) is 4.78. The number of benzene rings is 1. The smallest absolute Gasteiger partial charge is 0.398 e. The van der Waals surface area contributed by atoms with Gasteiger partial charge in [0.25, 0.3) is 0 Å². The zero-order valence-electron chi connectivity index (χ0n) is 8.64. The van der Waals surface area contributed by atoms with Gasteiger partial charge in [-0.3, -0.25) is 4.79 Å². The van der Waals surface area contributed by atoms with Crippen LogP contribution in [0.4, 0.5) is 18.9 Å². The Kier molecular flexibility index (Phi) is 3.63. The van der Waals surface area contributed by atoms with Crippen LogP contribution >= 0.6 is 0 Å². The molecule has 0 aliphatic heterocycles. The topological polar surface area (TPSA) is 69.1 Å². The molecule has 0 aromatic heterocycles. The van der Waals surface area contributed by atoms with E-state index in [9.17, 15) is 18.0 Å². The molecule has 0 spiro atoms. The molecule has 0 radical (unpaired) electrons. The van der Waals surface area contributed by atoms with Gasteiger partial charge in [-0.15, -0.1) is 0 Å². The van der Waals surface area contributed by atoms with E-state index in [4.69, 9.17) is 11.5 Å². The summed E-state index contributed by atoms with van der Waals surface area (Å²) < 4.78 is 37.4. The summed E-state index contributed by atoms with van der Waals surface area (Å²) in [5.41, 5.74) is 8.88. The van der Waals surface area contributed by atoms with E-state index in [2.05, 4.69) is 11.8 Å². The lowest BCUT2D eigenvalue weighted by Gasteiger charge is -2.09. The Morgan fingerprint density at radius 3 is 2.53 bits per heavy atom. The molecular weight excluding hydrogens is 233 g/mol. The highest BCUT2D eigenvalue weighted by atomic mass is 19.4. The molecule has 0 unspecified atom stereocenters. The molecule has 0 saturated heterocycles. The maximum atomic E-state index is 12.5. The van der Waals surface area contributed by atoms with Crippen molar-refractivity contribution in [3.05, 3.63) is 29.3 Å². The minimum Gasteiger partial charge on any atom is -0.398 e. The number of hydrogen-bond acceptors (Lipinski definition) is 2. The summed E-state index contributed by atoms with van der Waals surface area (Å²) >= 11 is 0. The maximum absolute atomic E-state index is 12.5. The maximum Gasteiger partial charge on any atom is 0.418 e. The number of amides is 1. The van der Waals surface area contributed by atoms with Gasteiger partial charge >= 0.3 is 6.18 Å². The quantitative estimate of drug-likeness (QED) is 0.579. The van der Waals surface area contributed by atoms with Crippen LogP contribution in [0.15, 0.2) is 18.2 Å². The number of halogens is 3. The van der Waals surface area contributed by atoms with Gasteiger partial charge in [-0.2, -0.15) is 13.2 Å². The molecule has 1 aromatic carbocycles. The van der Waals surface area contributed by atoms with Gasteiger partial charge in [0.05, 0.1) is 12.0 Å². The molecule has 0 atom stereocenters. The third-order valence-corrected chi connectivity index (χ3v) is 1.85. The van der Waals surface area contributed by atoms with Gasteiger partial charge in [-0.1, -0.05) is 11.8 Å². The molecule has 6 heteroatoms. The molecule has 1 aromatic rings. The van der Waals surface area contributed by atoms with Gasteiger partial charge in [0, 0.05) is 11.3 Å². The number of rotatable bonds is 1. The summed E-state index contributed by atoms with van der Waals surface area (Å²) in [6, 6.07) is 3.30. The van der Waals surface area contributed by atoms with Crippen LogP contribution in [0.25, 0.3) is 0 Å². The highest BCUT2D eigenvalue weighted by molar-refractivity contribution is 5.76. The molecule has 0 saturated carbocycles. The SMILES string of the molecule is NC(=O)CC#Cc1ccc(N)c(C(F)(F)F)c1. The number of anilines is 1. The lowest BCUT2D eigenvalue weighted by atomic mass is 10.1. The molecule has 1 rings (SSSR count). The second-order valence-electron chi connectivity index (χ2n) is 3.24. The normalized spacial score (nSPS) is 10.5. The Balaban J connectivity index is 3.04. The number of carbonyl (C=O) groups is 1. The van der Waals surface area contributed by atoms with E-state index < -0.39 is 17.6 Å². The van der Waals surface area contributed by atoms with Gasteiger partial charge in [0.15, 0.2) is 0 Å². The van der Waals surface area contributed by atoms with E-state index in [1.165, 1.54) is 6.07 Å². The van der Waals surface area contributed by atoms with Crippen molar-refractivity contribution in [1.82, 2.24) is 0 Å². The van der Waals surface area contributed by atoms with Crippen molar-refractivity contribution in [2.75, 3.05) is 5.73 Å². The lowest BCUT2D eigenvalue weighted by molar-refractivity contribution is -0.136. The summed E-state index contributed by atoms with van der Waals surface area (Å²) in [6.45, 7) is 0. The highest BCUT2D eigenvalue weighted by Crippen LogP contribution is 2.33. The molecule has 0 fully saturated rings. The summed E-state index contributed by atoms with van der Waals surface area (Å²) in [5.74, 6) is 4.14. The van der Waals surface area contributed by atoms with Gasteiger partial charge in [-0.05, 0) is 18.2 Å². The van der Waals surface area contributed by atoms with E-state index in [-0.39, 0.29) is 17.7 Å². The minimum atomic E-state index is -4.52. The fraction of sp³-hybridized carbons (Fsp3) is 0.182. The Labute approximate surface area is 95.6 Å². The van der Waals surface area contributed by atoms with Gasteiger partial charge < -0.3 is 11.5 Å². The average molecular weight is 242 g/mol. The summed E-state index contributed by atoms with van der Waals surface area (Å²) in [6.07, 6.45) is -4.73. The average Bonchev–Trinajstić information content (AvgIpc) is 2.18. The van der Waals surface area contributed by atoms with Crippen LogP contribution in [-0.2, 0) is 11.0 Å². The predicted octanol–water partition coefficient (Wildman–Crippen LogP) is 1.51. The second-order valence-corrected chi connectivity index (χ2v) is 3.24. The Bertz CT molecular complexity index is 498. The van der Waals surface area contributed by atoms with Crippen molar-refractivity contribution in [2.45, 2.75) is 12.6 Å². The number of carbonyl (C=O) groups excluding carboxylic acids is 1. The first-order valence-electron chi connectivity index (χ1n) is 4.54. The number of hydrogen-bond donors (Lipinski definition) is 2. The zero-order chi connectivity index (χ0) is 13.1. The van der Waals surface area contributed by atoms with Crippen LogP contribution in [0.5, 0.6) is 0 Å². The molecule has 1 amide bonds. The largest absolute Gasteiger partial charge is 0.418 e. The van der Waals surface area contributed by atoms with E-state index in [1.54, 1.807) is 0 Å². The van der Waals surface area contributed by atoms with Crippen molar-refractivity contribution < 1.29 is 18.0 Å². The Morgan fingerprint density at radius 1 is 1.35 bits per heavy atom. The molecule has 3 nitrogen and oxygen atoms in total. The molecule has 17 heavy (non-hydrogen) atoms. The number of primary amides is 1. The van der Waals surface area contributed by atoms with Crippen LogP contribution < -0.4 is 11.5 Å². The number of alkyl halides is 3. The van der Waals surface area contributed by atoms with Crippen molar-refractivity contribution in [1.29, 1.82) is 0 Å². The number of nitrogen functional groups attached to an aromatic ring is 1. The number of nitrogens with two attached hydrogens (primary N) is 2. The third kappa shape index (κ3) is 3.72. The third-order valence-electron chi connectivity index (χ3n) is 1.85. The Morgan fingerprint density at radius 2 is 2.00 bits per heavy atom. The van der Waals surface area contributed by atoms with Gasteiger partial charge in [0.2, 0.25) is 5.91 Å². The fourth-order valence-electron chi connectivity index (χ4n) is 1.11. The highest BCUT2D eigenvalue weighted by Gasteiger charge is 2.32. The molecule has 0 heterocycles. The molecule has 90 valence electrons. The van der Waals surface area contributed by atoms with Gasteiger partial charge in [-0.25, -0.2) is 0 Å². The first-order chi connectivity index (χ1) is 7.80. The predicted molar refractivity (Wildman–Crippen MR) is 56.5 cm³/mol. The van der Waals surface area contributed by atoms with Crippen molar-refractivity contribution in [3.63, 3.8) is 0 Å².